The first-order valence-electron chi connectivity index (χ1n) is 9.78. The van der Waals surface area contributed by atoms with Crippen molar-refractivity contribution in [2.45, 2.75) is 56.9 Å². The number of carbonyl (C=O) groups excluding carboxylic acids is 1. The number of nitrogens with two attached hydrogens (primary N) is 1. The number of hydrogen-bond acceptors (Lipinski definition) is 5. The van der Waals surface area contributed by atoms with E-state index in [0.29, 0.717) is 24.4 Å². The largest absolute Gasteiger partial charge is 0.383 e. The third-order valence-corrected chi connectivity index (χ3v) is 6.14. The lowest BCUT2D eigenvalue weighted by Gasteiger charge is -2.25. The highest BCUT2D eigenvalue weighted by atomic mass is 16.1. The van der Waals surface area contributed by atoms with Crippen LogP contribution >= 0.6 is 0 Å². The van der Waals surface area contributed by atoms with Gasteiger partial charge in [-0.2, -0.15) is 5.10 Å². The van der Waals surface area contributed by atoms with Crippen molar-refractivity contribution >= 4 is 22.6 Å². The second-order valence-electron chi connectivity index (χ2n) is 7.77. The fourth-order valence-electron chi connectivity index (χ4n) is 4.66. The summed E-state index contributed by atoms with van der Waals surface area (Å²) in [6.07, 6.45) is 7.52. The van der Waals surface area contributed by atoms with Crippen LogP contribution in [0, 0.1) is 0 Å². The van der Waals surface area contributed by atoms with Gasteiger partial charge in [-0.3, -0.25) is 4.79 Å². The molecule has 6 nitrogen and oxygen atoms in total. The Bertz CT molecular complexity index is 1010. The minimum Gasteiger partial charge on any atom is -0.383 e. The fourth-order valence-corrected chi connectivity index (χ4v) is 4.66. The number of carbonyl (C=O) groups is 1. The van der Waals surface area contributed by atoms with Crippen molar-refractivity contribution in [3.05, 3.63) is 47.4 Å². The zero-order chi connectivity index (χ0) is 18.4. The van der Waals surface area contributed by atoms with Crippen LogP contribution in [0.3, 0.4) is 0 Å². The van der Waals surface area contributed by atoms with Crippen LogP contribution in [0.1, 0.15) is 60.9 Å². The van der Waals surface area contributed by atoms with Crippen LogP contribution in [0.4, 0.5) is 5.82 Å². The summed E-state index contributed by atoms with van der Waals surface area (Å²) in [5.74, 6) is 1.10. The number of nitrogens with zero attached hydrogens (tertiary/aromatic N) is 4. The summed E-state index contributed by atoms with van der Waals surface area (Å²) in [6, 6.07) is 8.92. The number of aryl methyl sites for hydroxylation is 1. The van der Waals surface area contributed by atoms with Crippen molar-refractivity contribution < 1.29 is 4.79 Å². The number of fused-ring (bicyclic) bond motifs is 2. The van der Waals surface area contributed by atoms with Crippen molar-refractivity contribution in [2.75, 3.05) is 5.73 Å². The third kappa shape index (κ3) is 2.80. The van der Waals surface area contributed by atoms with Gasteiger partial charge in [0.2, 0.25) is 0 Å². The van der Waals surface area contributed by atoms with E-state index in [9.17, 15) is 4.79 Å². The molecule has 1 saturated carbocycles. The maximum Gasteiger partial charge on any atom is 0.163 e. The SMILES string of the molecule is Nc1ncnc2c1c(C1CCC(=O)CC1)nn2C1CCc2ccccc2C1. The molecule has 1 aromatic carbocycles. The molecule has 5 rings (SSSR count). The maximum absolute atomic E-state index is 11.7. The summed E-state index contributed by atoms with van der Waals surface area (Å²) in [7, 11) is 0. The third-order valence-electron chi connectivity index (χ3n) is 6.14. The summed E-state index contributed by atoms with van der Waals surface area (Å²) in [5, 5.41) is 5.90. The molecule has 6 heteroatoms. The first kappa shape index (κ1) is 16.4. The van der Waals surface area contributed by atoms with Gasteiger partial charge in [0.1, 0.15) is 17.9 Å². The van der Waals surface area contributed by atoms with E-state index >= 15 is 0 Å². The van der Waals surface area contributed by atoms with Crippen LogP contribution in [-0.2, 0) is 17.6 Å². The van der Waals surface area contributed by atoms with E-state index in [1.165, 1.54) is 17.5 Å². The van der Waals surface area contributed by atoms with Crippen LogP contribution < -0.4 is 5.73 Å². The molecule has 0 amide bonds. The quantitative estimate of drug-likeness (QED) is 0.756. The van der Waals surface area contributed by atoms with Crippen molar-refractivity contribution in [3.8, 4) is 0 Å². The molecular formula is C21H23N5O. The van der Waals surface area contributed by atoms with Gasteiger partial charge in [0.25, 0.3) is 0 Å². The monoisotopic (exact) mass is 361 g/mol. The molecule has 2 aliphatic rings. The highest BCUT2D eigenvalue weighted by Gasteiger charge is 2.30. The topological polar surface area (TPSA) is 86.7 Å². The molecule has 0 radical (unpaired) electrons. The van der Waals surface area contributed by atoms with Gasteiger partial charge in [0, 0.05) is 18.8 Å². The Morgan fingerprint density at radius 3 is 2.59 bits per heavy atom. The molecule has 0 bridgehead atoms. The van der Waals surface area contributed by atoms with E-state index in [0.717, 1.165) is 48.8 Å². The Hall–Kier alpha value is -2.76. The van der Waals surface area contributed by atoms with E-state index in [-0.39, 0.29) is 12.0 Å². The average Bonchev–Trinajstić information content (AvgIpc) is 3.09. The summed E-state index contributed by atoms with van der Waals surface area (Å²) < 4.78 is 2.08. The minimum absolute atomic E-state index is 0.260. The number of rotatable bonds is 2. The highest BCUT2D eigenvalue weighted by Crippen LogP contribution is 2.38. The van der Waals surface area contributed by atoms with Gasteiger partial charge >= 0.3 is 0 Å². The molecule has 0 aliphatic heterocycles. The molecule has 1 fully saturated rings. The molecule has 27 heavy (non-hydrogen) atoms. The zero-order valence-electron chi connectivity index (χ0n) is 15.3. The van der Waals surface area contributed by atoms with E-state index in [1.54, 1.807) is 0 Å². The second-order valence-corrected chi connectivity index (χ2v) is 7.77. The van der Waals surface area contributed by atoms with E-state index in [2.05, 4.69) is 38.9 Å². The van der Waals surface area contributed by atoms with Gasteiger partial charge in [-0.15, -0.1) is 0 Å². The standard InChI is InChI=1S/C21H23N5O/c22-20-18-19(14-6-9-17(27)10-7-14)25-26(21(18)24-12-23-20)16-8-5-13-3-1-2-4-15(13)11-16/h1-4,12,14,16H,5-11H2,(H2,22,23,24). The number of nitrogen functional groups attached to an aromatic ring is 1. The summed E-state index contributed by atoms with van der Waals surface area (Å²) in [4.78, 5) is 20.4. The number of ketones is 1. The second kappa shape index (κ2) is 6.44. The lowest BCUT2D eigenvalue weighted by atomic mass is 9.85. The Balaban J connectivity index is 1.57. The Morgan fingerprint density at radius 2 is 1.78 bits per heavy atom. The molecule has 3 aromatic rings. The van der Waals surface area contributed by atoms with Crippen LogP contribution in [0.15, 0.2) is 30.6 Å². The summed E-state index contributed by atoms with van der Waals surface area (Å²) in [6.45, 7) is 0. The number of hydrogen-bond donors (Lipinski definition) is 1. The molecule has 2 aliphatic carbocycles. The zero-order valence-corrected chi connectivity index (χ0v) is 15.3. The first-order chi connectivity index (χ1) is 13.2. The molecule has 2 N–H and O–H groups in total. The lowest BCUT2D eigenvalue weighted by molar-refractivity contribution is -0.120. The average molecular weight is 361 g/mol. The Kier molecular flexibility index (Phi) is 3.92. The molecular weight excluding hydrogens is 338 g/mol. The van der Waals surface area contributed by atoms with E-state index in [4.69, 9.17) is 10.8 Å². The van der Waals surface area contributed by atoms with Gasteiger partial charge in [-0.05, 0) is 43.2 Å². The maximum atomic E-state index is 11.7. The van der Waals surface area contributed by atoms with Gasteiger partial charge in [-0.1, -0.05) is 24.3 Å². The molecule has 138 valence electrons. The van der Waals surface area contributed by atoms with Crippen LogP contribution in [-0.4, -0.2) is 25.5 Å². The smallest absolute Gasteiger partial charge is 0.163 e. The van der Waals surface area contributed by atoms with Crippen molar-refractivity contribution in [1.29, 1.82) is 0 Å². The normalized spacial score (nSPS) is 20.7. The molecule has 0 spiro atoms. The molecule has 2 aromatic heterocycles. The van der Waals surface area contributed by atoms with Gasteiger partial charge in [0.15, 0.2) is 5.65 Å². The number of aromatic nitrogens is 4. The van der Waals surface area contributed by atoms with Crippen molar-refractivity contribution in [1.82, 2.24) is 19.7 Å². The van der Waals surface area contributed by atoms with E-state index in [1.807, 2.05) is 0 Å². The first-order valence-corrected chi connectivity index (χ1v) is 9.78. The van der Waals surface area contributed by atoms with Crippen LogP contribution in [0.2, 0.25) is 0 Å². The number of benzene rings is 1. The Labute approximate surface area is 157 Å². The predicted molar refractivity (Wildman–Crippen MR) is 103 cm³/mol. The van der Waals surface area contributed by atoms with Crippen molar-refractivity contribution in [3.63, 3.8) is 0 Å². The van der Waals surface area contributed by atoms with Crippen LogP contribution in [0.5, 0.6) is 0 Å². The summed E-state index contributed by atoms with van der Waals surface area (Å²) >= 11 is 0. The predicted octanol–water partition coefficient (Wildman–Crippen LogP) is 3.37. The molecule has 1 unspecified atom stereocenters. The molecule has 2 heterocycles. The fraction of sp³-hybridized carbons (Fsp3) is 0.429. The molecule has 0 saturated heterocycles. The number of Topliss-reactive ketones (excluding diaryl/α,β-unsaturated/α-hetero) is 1. The summed E-state index contributed by atoms with van der Waals surface area (Å²) in [5.41, 5.74) is 10.9. The van der Waals surface area contributed by atoms with Gasteiger partial charge in [-0.25, -0.2) is 14.6 Å². The Morgan fingerprint density at radius 1 is 1.00 bits per heavy atom. The lowest BCUT2D eigenvalue weighted by Crippen LogP contribution is -2.20. The van der Waals surface area contributed by atoms with Crippen molar-refractivity contribution in [2.24, 2.45) is 0 Å². The minimum atomic E-state index is 0.260. The van der Waals surface area contributed by atoms with Gasteiger partial charge < -0.3 is 5.73 Å². The van der Waals surface area contributed by atoms with Gasteiger partial charge in [0.05, 0.1) is 17.1 Å². The number of anilines is 1. The van der Waals surface area contributed by atoms with Crippen LogP contribution in [0.25, 0.3) is 11.0 Å². The van der Waals surface area contributed by atoms with E-state index < -0.39 is 0 Å². The highest BCUT2D eigenvalue weighted by molar-refractivity contribution is 5.89. The molecule has 1 atom stereocenters.